The van der Waals surface area contributed by atoms with Crippen LogP contribution in [0.5, 0.6) is 5.75 Å². The largest absolute Gasteiger partial charge is 0.494 e. The maximum absolute atomic E-state index is 12.7. The second-order valence-corrected chi connectivity index (χ2v) is 7.03. The fraction of sp³-hybridized carbons (Fsp3) is 0.318. The molecule has 4 rings (SSSR count). The normalized spacial score (nSPS) is 18.1. The molecular formula is C22H22N2O5. The molecule has 0 spiro atoms. The van der Waals surface area contributed by atoms with Gasteiger partial charge in [0, 0.05) is 17.9 Å². The maximum atomic E-state index is 12.7. The predicted octanol–water partition coefficient (Wildman–Crippen LogP) is 3.11. The summed E-state index contributed by atoms with van der Waals surface area (Å²) in [6.45, 7) is 3.37. The number of anilines is 1. The highest BCUT2D eigenvalue weighted by Gasteiger charge is 2.37. The summed E-state index contributed by atoms with van der Waals surface area (Å²) in [6.07, 6.45) is 1.66. The molecule has 2 aliphatic rings. The van der Waals surface area contributed by atoms with E-state index in [-0.39, 0.29) is 35.9 Å². The molecular weight excluding hydrogens is 372 g/mol. The van der Waals surface area contributed by atoms with Gasteiger partial charge in [-0.15, -0.1) is 0 Å². The number of nitrogens with zero attached hydrogens (tertiary/aromatic N) is 1. The van der Waals surface area contributed by atoms with Crippen LogP contribution in [-0.2, 0) is 4.74 Å². The molecule has 0 bridgehead atoms. The summed E-state index contributed by atoms with van der Waals surface area (Å²) in [5, 5.41) is 2.79. The molecule has 7 nitrogen and oxygen atoms in total. The third-order valence-corrected chi connectivity index (χ3v) is 5.07. The molecule has 1 atom stereocenters. The first kappa shape index (κ1) is 19.1. The zero-order valence-electron chi connectivity index (χ0n) is 16.1. The van der Waals surface area contributed by atoms with Crippen molar-refractivity contribution in [3.63, 3.8) is 0 Å². The van der Waals surface area contributed by atoms with E-state index < -0.39 is 0 Å². The summed E-state index contributed by atoms with van der Waals surface area (Å²) in [7, 11) is 0. The fourth-order valence-corrected chi connectivity index (χ4v) is 3.59. The first-order chi connectivity index (χ1) is 14.1. The number of hydrogen-bond acceptors (Lipinski definition) is 5. The Labute approximate surface area is 168 Å². The molecule has 0 radical (unpaired) electrons. The molecule has 2 heterocycles. The summed E-state index contributed by atoms with van der Waals surface area (Å²) in [6, 6.07) is 11.6. The molecule has 0 aromatic heterocycles. The van der Waals surface area contributed by atoms with Gasteiger partial charge >= 0.3 is 0 Å². The molecule has 2 aromatic carbocycles. The number of carbonyl (C=O) groups excluding carboxylic acids is 3. The zero-order valence-corrected chi connectivity index (χ0v) is 16.1. The van der Waals surface area contributed by atoms with Crippen molar-refractivity contribution in [1.82, 2.24) is 4.90 Å². The predicted molar refractivity (Wildman–Crippen MR) is 106 cm³/mol. The second-order valence-electron chi connectivity index (χ2n) is 7.03. The van der Waals surface area contributed by atoms with Crippen LogP contribution in [0.1, 0.15) is 50.8 Å². The van der Waals surface area contributed by atoms with Crippen molar-refractivity contribution >= 4 is 23.4 Å². The molecule has 0 aliphatic carbocycles. The summed E-state index contributed by atoms with van der Waals surface area (Å²) in [5.41, 5.74) is 1.51. The van der Waals surface area contributed by atoms with Crippen molar-refractivity contribution in [2.45, 2.75) is 25.9 Å². The van der Waals surface area contributed by atoms with E-state index in [0.717, 1.165) is 18.6 Å². The van der Waals surface area contributed by atoms with Crippen LogP contribution >= 0.6 is 0 Å². The molecule has 29 heavy (non-hydrogen) atoms. The lowest BCUT2D eigenvalue weighted by molar-refractivity contribution is 0.0475. The van der Waals surface area contributed by atoms with Crippen LogP contribution < -0.4 is 10.1 Å². The summed E-state index contributed by atoms with van der Waals surface area (Å²) >= 11 is 0. The fourth-order valence-electron chi connectivity index (χ4n) is 3.59. The van der Waals surface area contributed by atoms with Crippen molar-refractivity contribution in [2.75, 3.05) is 25.1 Å². The Hall–Kier alpha value is -3.19. The van der Waals surface area contributed by atoms with E-state index in [4.69, 9.17) is 9.47 Å². The van der Waals surface area contributed by atoms with E-state index in [9.17, 15) is 14.4 Å². The highest BCUT2D eigenvalue weighted by atomic mass is 16.5. The van der Waals surface area contributed by atoms with Gasteiger partial charge in [0.05, 0.1) is 30.4 Å². The minimum absolute atomic E-state index is 0.111. The van der Waals surface area contributed by atoms with Gasteiger partial charge in [-0.25, -0.2) is 0 Å². The Kier molecular flexibility index (Phi) is 5.31. The maximum Gasteiger partial charge on any atom is 0.261 e. The van der Waals surface area contributed by atoms with Gasteiger partial charge in [-0.2, -0.15) is 0 Å². The van der Waals surface area contributed by atoms with Crippen LogP contribution in [0.15, 0.2) is 42.5 Å². The van der Waals surface area contributed by atoms with Crippen LogP contribution in [-0.4, -0.2) is 48.5 Å². The lowest BCUT2D eigenvalue weighted by atomic mass is 10.1. The van der Waals surface area contributed by atoms with Gasteiger partial charge in [0.25, 0.3) is 17.7 Å². The van der Waals surface area contributed by atoms with Gasteiger partial charge in [0.1, 0.15) is 5.75 Å². The number of benzene rings is 2. The van der Waals surface area contributed by atoms with Crippen molar-refractivity contribution < 1.29 is 23.9 Å². The minimum Gasteiger partial charge on any atom is -0.494 e. The topological polar surface area (TPSA) is 84.9 Å². The first-order valence-electron chi connectivity index (χ1n) is 9.73. The smallest absolute Gasteiger partial charge is 0.261 e. The molecule has 3 amide bonds. The van der Waals surface area contributed by atoms with Gasteiger partial charge in [0.2, 0.25) is 0 Å². The molecule has 7 heteroatoms. The first-order valence-corrected chi connectivity index (χ1v) is 9.73. The van der Waals surface area contributed by atoms with E-state index in [2.05, 4.69) is 5.32 Å². The highest BCUT2D eigenvalue weighted by molar-refractivity contribution is 6.22. The third-order valence-electron chi connectivity index (χ3n) is 5.07. The molecule has 1 saturated heterocycles. The molecule has 1 fully saturated rings. The number of fused-ring (bicyclic) bond motifs is 1. The van der Waals surface area contributed by atoms with Crippen LogP contribution in [0, 0.1) is 0 Å². The Bertz CT molecular complexity index is 948. The summed E-state index contributed by atoms with van der Waals surface area (Å²) < 4.78 is 10.9. The van der Waals surface area contributed by atoms with E-state index >= 15 is 0 Å². The Morgan fingerprint density at radius 3 is 2.59 bits per heavy atom. The standard InChI is InChI=1S/C22H22N2O5/c1-2-28-16-8-6-15(7-9-16)23-20(25)14-5-10-18-19(12-14)22(27)24(21(18)26)13-17-4-3-11-29-17/h5-10,12,17H,2-4,11,13H2,1H3,(H,23,25). The van der Waals surface area contributed by atoms with Crippen LogP contribution in [0.25, 0.3) is 0 Å². The zero-order chi connectivity index (χ0) is 20.4. The molecule has 1 unspecified atom stereocenters. The molecule has 2 aromatic rings. The van der Waals surface area contributed by atoms with Crippen molar-refractivity contribution in [3.05, 3.63) is 59.2 Å². The van der Waals surface area contributed by atoms with Gasteiger partial charge in [-0.3, -0.25) is 19.3 Å². The number of nitrogens with one attached hydrogen (secondary N) is 1. The van der Waals surface area contributed by atoms with E-state index in [1.54, 1.807) is 30.3 Å². The summed E-state index contributed by atoms with van der Waals surface area (Å²) in [5.74, 6) is -0.344. The lowest BCUT2D eigenvalue weighted by Crippen LogP contribution is -2.36. The van der Waals surface area contributed by atoms with Gasteiger partial charge in [-0.1, -0.05) is 0 Å². The number of rotatable bonds is 6. The number of carbonyl (C=O) groups is 3. The summed E-state index contributed by atoms with van der Waals surface area (Å²) in [4.78, 5) is 39.1. The highest BCUT2D eigenvalue weighted by Crippen LogP contribution is 2.26. The van der Waals surface area contributed by atoms with E-state index in [1.165, 1.54) is 17.0 Å². The van der Waals surface area contributed by atoms with Gasteiger partial charge < -0.3 is 14.8 Å². The Morgan fingerprint density at radius 1 is 1.14 bits per heavy atom. The van der Waals surface area contributed by atoms with Crippen LogP contribution in [0.2, 0.25) is 0 Å². The average Bonchev–Trinajstić information content (AvgIpc) is 3.32. The second kappa shape index (κ2) is 8.05. The Morgan fingerprint density at radius 2 is 1.90 bits per heavy atom. The van der Waals surface area contributed by atoms with E-state index in [1.807, 2.05) is 6.92 Å². The number of hydrogen-bond donors (Lipinski definition) is 1. The van der Waals surface area contributed by atoms with Crippen molar-refractivity contribution in [3.8, 4) is 5.75 Å². The SMILES string of the molecule is CCOc1ccc(NC(=O)c2ccc3c(c2)C(=O)N(CC2CCCO2)C3=O)cc1. The quantitative estimate of drug-likeness (QED) is 0.761. The van der Waals surface area contributed by atoms with Crippen molar-refractivity contribution in [2.24, 2.45) is 0 Å². The third kappa shape index (κ3) is 3.86. The Balaban J connectivity index is 1.48. The monoisotopic (exact) mass is 394 g/mol. The van der Waals surface area contributed by atoms with Crippen LogP contribution in [0.4, 0.5) is 5.69 Å². The van der Waals surface area contributed by atoms with E-state index in [0.29, 0.717) is 30.0 Å². The number of amides is 3. The van der Waals surface area contributed by atoms with Crippen LogP contribution in [0.3, 0.4) is 0 Å². The van der Waals surface area contributed by atoms with Gasteiger partial charge in [0.15, 0.2) is 0 Å². The van der Waals surface area contributed by atoms with Crippen molar-refractivity contribution in [1.29, 1.82) is 0 Å². The molecule has 150 valence electrons. The lowest BCUT2D eigenvalue weighted by Gasteiger charge is -2.17. The minimum atomic E-state index is -0.379. The average molecular weight is 394 g/mol. The molecule has 0 saturated carbocycles. The van der Waals surface area contributed by atoms with Gasteiger partial charge in [-0.05, 0) is 62.2 Å². The molecule has 2 aliphatic heterocycles. The number of imide groups is 1. The molecule has 1 N–H and O–H groups in total. The number of ether oxygens (including phenoxy) is 2.